The van der Waals surface area contributed by atoms with Crippen LogP contribution >= 0.6 is 15.9 Å². The van der Waals surface area contributed by atoms with Crippen molar-refractivity contribution in [2.75, 3.05) is 5.32 Å². The molecule has 1 aromatic carbocycles. The van der Waals surface area contributed by atoms with Crippen LogP contribution in [0, 0.1) is 13.8 Å². The fourth-order valence-electron chi connectivity index (χ4n) is 1.99. The number of carbonyl (C=O) groups excluding carboxylic acids is 1. The summed E-state index contributed by atoms with van der Waals surface area (Å²) in [6, 6.07) is 5.33. The Labute approximate surface area is 133 Å². The number of nitrogens with zero attached hydrogens (tertiary/aromatic N) is 2. The first-order valence-electron chi connectivity index (χ1n) is 6.30. The molecule has 0 saturated heterocycles. The van der Waals surface area contributed by atoms with E-state index >= 15 is 0 Å². The second-order valence-corrected chi connectivity index (χ2v) is 5.63. The molecule has 0 bridgehead atoms. The van der Waals surface area contributed by atoms with Gasteiger partial charge in [0.05, 0.1) is 4.47 Å². The van der Waals surface area contributed by atoms with Crippen molar-refractivity contribution in [2.45, 2.75) is 20.0 Å². The van der Waals surface area contributed by atoms with Crippen LogP contribution < -0.4 is 5.32 Å². The van der Waals surface area contributed by atoms with Crippen molar-refractivity contribution in [3.8, 4) is 0 Å². The number of hydrogen-bond acceptors (Lipinski definition) is 2. The minimum absolute atomic E-state index is 0.187. The average Bonchev–Trinajstić information content (AvgIpc) is 2.70. The van der Waals surface area contributed by atoms with E-state index < -0.39 is 17.8 Å². The smallest absolute Gasteiger partial charge is 0.320 e. The highest BCUT2D eigenvalue weighted by atomic mass is 79.9. The molecule has 2 rings (SSSR count). The van der Waals surface area contributed by atoms with Crippen LogP contribution in [0.1, 0.15) is 27.3 Å². The molecule has 0 aliphatic heterocycles. The molecule has 0 aliphatic rings. The van der Waals surface area contributed by atoms with Crippen molar-refractivity contribution in [1.82, 2.24) is 9.78 Å². The third kappa shape index (κ3) is 3.01. The molecule has 0 aliphatic carbocycles. The molecule has 0 saturated carbocycles. The molecule has 4 nitrogen and oxygen atoms in total. The number of halogens is 4. The molecule has 1 amide bonds. The van der Waals surface area contributed by atoms with Crippen molar-refractivity contribution in [3.63, 3.8) is 0 Å². The van der Waals surface area contributed by atoms with E-state index in [9.17, 15) is 18.0 Å². The van der Waals surface area contributed by atoms with Crippen LogP contribution in [0.25, 0.3) is 0 Å². The lowest BCUT2D eigenvalue weighted by Crippen LogP contribution is -2.17. The molecule has 22 heavy (non-hydrogen) atoms. The average molecular weight is 376 g/mol. The molecule has 0 fully saturated rings. The number of hydrogen-bond donors (Lipinski definition) is 1. The highest BCUT2D eigenvalue weighted by molar-refractivity contribution is 9.10. The summed E-state index contributed by atoms with van der Waals surface area (Å²) in [7, 11) is 1.29. The van der Waals surface area contributed by atoms with Gasteiger partial charge in [0.15, 0.2) is 5.69 Å². The molecule has 8 heteroatoms. The fraction of sp³-hybridized carbons (Fsp3) is 0.286. The number of carbonyl (C=O) groups is 1. The van der Waals surface area contributed by atoms with Gasteiger partial charge in [0.25, 0.3) is 5.91 Å². The number of benzene rings is 1. The van der Waals surface area contributed by atoms with Crippen LogP contribution in [0.5, 0.6) is 0 Å². The molecule has 2 aromatic rings. The Kier molecular flexibility index (Phi) is 4.32. The van der Waals surface area contributed by atoms with Gasteiger partial charge in [0.2, 0.25) is 0 Å². The Balaban J connectivity index is 2.39. The Hall–Kier alpha value is -1.83. The predicted octanol–water partition coefficient (Wildman–Crippen LogP) is 4.07. The lowest BCUT2D eigenvalue weighted by atomic mass is 10.1. The van der Waals surface area contributed by atoms with E-state index in [2.05, 4.69) is 26.3 Å². The lowest BCUT2D eigenvalue weighted by molar-refractivity contribution is -0.142. The predicted molar refractivity (Wildman–Crippen MR) is 79.8 cm³/mol. The minimum atomic E-state index is -4.63. The second-order valence-electron chi connectivity index (χ2n) is 4.83. The summed E-state index contributed by atoms with van der Waals surface area (Å²) < 4.78 is 39.0. The number of anilines is 1. The summed E-state index contributed by atoms with van der Waals surface area (Å²) in [6.07, 6.45) is -4.63. The maximum absolute atomic E-state index is 12.8. The molecule has 1 aromatic heterocycles. The molecule has 1 heterocycles. The second kappa shape index (κ2) is 5.75. The SMILES string of the molecule is Cc1cccc(NC(=O)c2c(Br)c(C(F)(F)F)nn2C)c1C. The highest BCUT2D eigenvalue weighted by Crippen LogP contribution is 2.35. The molecule has 0 unspecified atom stereocenters. The third-order valence-corrected chi connectivity index (χ3v) is 4.08. The van der Waals surface area contributed by atoms with Gasteiger partial charge in [0.1, 0.15) is 5.69 Å². The van der Waals surface area contributed by atoms with Gasteiger partial charge >= 0.3 is 6.18 Å². The maximum atomic E-state index is 12.8. The van der Waals surface area contributed by atoms with Gasteiger partial charge in [-0.2, -0.15) is 18.3 Å². The lowest BCUT2D eigenvalue weighted by Gasteiger charge is -2.10. The Bertz CT molecular complexity index is 738. The van der Waals surface area contributed by atoms with E-state index in [-0.39, 0.29) is 10.2 Å². The summed E-state index contributed by atoms with van der Waals surface area (Å²) in [4.78, 5) is 12.3. The molecular formula is C14H13BrF3N3O. The van der Waals surface area contributed by atoms with Gasteiger partial charge in [0, 0.05) is 12.7 Å². The van der Waals surface area contributed by atoms with E-state index in [1.165, 1.54) is 7.05 Å². The normalized spacial score (nSPS) is 11.6. The number of amides is 1. The van der Waals surface area contributed by atoms with Crippen LogP contribution in [0.15, 0.2) is 22.7 Å². The fourth-order valence-corrected chi connectivity index (χ4v) is 2.73. The number of aryl methyl sites for hydroxylation is 2. The van der Waals surface area contributed by atoms with E-state index in [4.69, 9.17) is 0 Å². The number of aromatic nitrogens is 2. The first-order chi connectivity index (χ1) is 10.1. The summed E-state index contributed by atoms with van der Waals surface area (Å²) >= 11 is 2.82. The van der Waals surface area contributed by atoms with Crippen LogP contribution in [0.2, 0.25) is 0 Å². The Morgan fingerprint density at radius 1 is 1.32 bits per heavy atom. The van der Waals surface area contributed by atoms with Crippen molar-refractivity contribution >= 4 is 27.5 Å². The number of alkyl halides is 3. The Morgan fingerprint density at radius 2 is 1.95 bits per heavy atom. The first kappa shape index (κ1) is 16.5. The zero-order chi connectivity index (χ0) is 16.7. The Morgan fingerprint density at radius 3 is 2.50 bits per heavy atom. The van der Waals surface area contributed by atoms with E-state index in [0.29, 0.717) is 5.69 Å². The third-order valence-electron chi connectivity index (χ3n) is 3.33. The van der Waals surface area contributed by atoms with Gasteiger partial charge in [-0.3, -0.25) is 9.48 Å². The molecular weight excluding hydrogens is 363 g/mol. The summed E-state index contributed by atoms with van der Waals surface area (Å²) in [6.45, 7) is 3.71. The van der Waals surface area contributed by atoms with Crippen molar-refractivity contribution < 1.29 is 18.0 Å². The topological polar surface area (TPSA) is 46.9 Å². The molecule has 0 spiro atoms. The zero-order valence-corrected chi connectivity index (χ0v) is 13.6. The highest BCUT2D eigenvalue weighted by Gasteiger charge is 2.39. The van der Waals surface area contributed by atoms with Gasteiger partial charge in [-0.25, -0.2) is 0 Å². The molecule has 0 atom stereocenters. The monoisotopic (exact) mass is 375 g/mol. The van der Waals surface area contributed by atoms with E-state index in [0.717, 1.165) is 15.8 Å². The zero-order valence-electron chi connectivity index (χ0n) is 12.0. The molecule has 1 N–H and O–H groups in total. The van der Waals surface area contributed by atoms with Gasteiger partial charge in [-0.05, 0) is 47.0 Å². The minimum Gasteiger partial charge on any atom is -0.320 e. The maximum Gasteiger partial charge on any atom is 0.436 e. The summed E-state index contributed by atoms with van der Waals surface area (Å²) in [5, 5.41) is 5.98. The standard InChI is InChI=1S/C14H13BrF3N3O/c1-7-5-4-6-9(8(7)2)19-13(22)11-10(15)12(14(16,17)18)20-21(11)3/h4-6H,1-3H3,(H,19,22). The molecule has 118 valence electrons. The van der Waals surface area contributed by atoms with Crippen LogP contribution in [0.3, 0.4) is 0 Å². The van der Waals surface area contributed by atoms with Gasteiger partial charge in [-0.15, -0.1) is 0 Å². The quantitative estimate of drug-likeness (QED) is 0.859. The first-order valence-corrected chi connectivity index (χ1v) is 7.09. The van der Waals surface area contributed by atoms with Crippen molar-refractivity contribution in [2.24, 2.45) is 7.05 Å². The van der Waals surface area contributed by atoms with Gasteiger partial charge < -0.3 is 5.32 Å². The number of nitrogens with one attached hydrogen (secondary N) is 1. The van der Waals surface area contributed by atoms with E-state index in [1.54, 1.807) is 12.1 Å². The van der Waals surface area contributed by atoms with Crippen LogP contribution in [0.4, 0.5) is 18.9 Å². The van der Waals surface area contributed by atoms with Crippen LogP contribution in [-0.4, -0.2) is 15.7 Å². The van der Waals surface area contributed by atoms with Gasteiger partial charge in [-0.1, -0.05) is 12.1 Å². The van der Waals surface area contributed by atoms with E-state index in [1.807, 2.05) is 19.9 Å². The van der Waals surface area contributed by atoms with Crippen molar-refractivity contribution in [3.05, 3.63) is 45.2 Å². The van der Waals surface area contributed by atoms with Crippen LogP contribution in [-0.2, 0) is 13.2 Å². The largest absolute Gasteiger partial charge is 0.436 e. The van der Waals surface area contributed by atoms with Crippen molar-refractivity contribution in [1.29, 1.82) is 0 Å². The summed E-state index contributed by atoms with van der Waals surface area (Å²) in [5.74, 6) is -0.661. The molecule has 0 radical (unpaired) electrons. The summed E-state index contributed by atoms with van der Waals surface area (Å²) in [5.41, 5.74) is 1.06. The number of rotatable bonds is 2.